The van der Waals surface area contributed by atoms with Crippen molar-refractivity contribution in [1.82, 2.24) is 4.98 Å². The Morgan fingerprint density at radius 2 is 2.22 bits per heavy atom. The number of nitrogens with one attached hydrogen (secondary N) is 1. The molecule has 0 aliphatic rings. The third-order valence-corrected chi connectivity index (χ3v) is 3.39. The van der Waals surface area contributed by atoms with Crippen molar-refractivity contribution in [2.24, 2.45) is 0 Å². The van der Waals surface area contributed by atoms with E-state index >= 15 is 0 Å². The molecular formula is C14H16BrNO2. The molecule has 0 saturated carbocycles. The fourth-order valence-corrected chi connectivity index (χ4v) is 2.40. The summed E-state index contributed by atoms with van der Waals surface area (Å²) in [5.41, 5.74) is 2.36. The van der Waals surface area contributed by atoms with Gasteiger partial charge in [0.1, 0.15) is 5.75 Å². The van der Waals surface area contributed by atoms with E-state index < -0.39 is 0 Å². The lowest BCUT2D eigenvalue weighted by Crippen LogP contribution is -2.00. The predicted octanol–water partition coefficient (Wildman–Crippen LogP) is 3.81. The van der Waals surface area contributed by atoms with E-state index in [0.29, 0.717) is 5.75 Å². The summed E-state index contributed by atoms with van der Waals surface area (Å²) in [7, 11) is 0. The number of ether oxygens (including phenoxy) is 1. The number of aromatic nitrogens is 1. The third-order valence-electron chi connectivity index (χ3n) is 2.83. The number of unbranched alkanes of at least 4 members (excludes halogenated alkanes) is 1. The highest BCUT2D eigenvalue weighted by atomic mass is 79.9. The number of aromatic amines is 1. The second-order valence-electron chi connectivity index (χ2n) is 4.26. The van der Waals surface area contributed by atoms with Crippen LogP contribution in [-0.2, 0) is 11.2 Å². The predicted molar refractivity (Wildman–Crippen MR) is 76.3 cm³/mol. The Bertz CT molecular complexity index is 548. The van der Waals surface area contributed by atoms with Crippen LogP contribution in [0.15, 0.2) is 24.4 Å². The highest BCUT2D eigenvalue weighted by Crippen LogP contribution is 2.25. The van der Waals surface area contributed by atoms with Crippen molar-refractivity contribution in [3.63, 3.8) is 0 Å². The van der Waals surface area contributed by atoms with E-state index in [1.165, 1.54) is 12.5 Å². The first-order chi connectivity index (χ1) is 8.70. The maximum atomic E-state index is 10.9. The van der Waals surface area contributed by atoms with E-state index in [1.807, 2.05) is 24.4 Å². The molecule has 1 aromatic carbocycles. The minimum absolute atomic E-state index is 0.286. The lowest BCUT2D eigenvalue weighted by molar-refractivity contribution is -0.131. The molecule has 0 saturated heterocycles. The Balaban J connectivity index is 2.22. The number of aryl methyl sites for hydroxylation is 1. The number of carbonyl (C=O) groups excluding carboxylic acids is 1. The summed E-state index contributed by atoms with van der Waals surface area (Å²) in [6, 6.07) is 5.68. The molecular weight excluding hydrogens is 294 g/mol. The SMILES string of the molecule is CC(=O)Oc1ccc2[nH]cc(CCCCBr)c2c1. The van der Waals surface area contributed by atoms with Crippen LogP contribution in [-0.4, -0.2) is 16.3 Å². The van der Waals surface area contributed by atoms with Crippen LogP contribution in [0, 0.1) is 0 Å². The fourth-order valence-electron chi connectivity index (χ4n) is 2.00. The maximum absolute atomic E-state index is 10.9. The summed E-state index contributed by atoms with van der Waals surface area (Å²) in [6.45, 7) is 1.41. The number of carbonyl (C=O) groups is 1. The zero-order valence-corrected chi connectivity index (χ0v) is 11.9. The smallest absolute Gasteiger partial charge is 0.308 e. The first-order valence-corrected chi connectivity index (χ1v) is 7.17. The quantitative estimate of drug-likeness (QED) is 0.395. The molecule has 2 rings (SSSR count). The van der Waals surface area contributed by atoms with Crippen LogP contribution < -0.4 is 4.74 Å². The lowest BCUT2D eigenvalue weighted by Gasteiger charge is -2.02. The second kappa shape index (κ2) is 6.05. The number of esters is 1. The minimum atomic E-state index is -0.286. The van der Waals surface area contributed by atoms with Gasteiger partial charge in [-0.05, 0) is 43.0 Å². The van der Waals surface area contributed by atoms with Crippen molar-refractivity contribution in [3.8, 4) is 5.75 Å². The first-order valence-electron chi connectivity index (χ1n) is 6.05. The molecule has 0 spiro atoms. The normalized spacial score (nSPS) is 10.8. The van der Waals surface area contributed by atoms with E-state index in [1.54, 1.807) is 0 Å². The van der Waals surface area contributed by atoms with Gasteiger partial charge in [-0.1, -0.05) is 15.9 Å². The van der Waals surface area contributed by atoms with Gasteiger partial charge < -0.3 is 9.72 Å². The van der Waals surface area contributed by atoms with Gasteiger partial charge in [-0.3, -0.25) is 4.79 Å². The largest absolute Gasteiger partial charge is 0.427 e. The van der Waals surface area contributed by atoms with Gasteiger partial charge in [0, 0.05) is 29.4 Å². The number of alkyl halides is 1. The number of fused-ring (bicyclic) bond motifs is 1. The molecule has 0 unspecified atom stereocenters. The zero-order valence-electron chi connectivity index (χ0n) is 10.3. The second-order valence-corrected chi connectivity index (χ2v) is 5.05. The molecule has 0 fully saturated rings. The number of rotatable bonds is 5. The van der Waals surface area contributed by atoms with E-state index in [2.05, 4.69) is 20.9 Å². The van der Waals surface area contributed by atoms with Gasteiger partial charge in [-0.25, -0.2) is 0 Å². The van der Waals surface area contributed by atoms with Crippen LogP contribution in [0.4, 0.5) is 0 Å². The van der Waals surface area contributed by atoms with Crippen LogP contribution in [0.2, 0.25) is 0 Å². The Morgan fingerprint density at radius 3 is 2.94 bits per heavy atom. The first kappa shape index (κ1) is 13.1. The van der Waals surface area contributed by atoms with E-state index in [4.69, 9.17) is 4.74 Å². The van der Waals surface area contributed by atoms with Crippen LogP contribution in [0.25, 0.3) is 10.9 Å². The van der Waals surface area contributed by atoms with Gasteiger partial charge in [0.05, 0.1) is 0 Å². The Morgan fingerprint density at radius 1 is 1.39 bits per heavy atom. The van der Waals surface area contributed by atoms with E-state index in [0.717, 1.165) is 35.5 Å². The average molecular weight is 310 g/mol. The molecule has 0 bridgehead atoms. The van der Waals surface area contributed by atoms with Gasteiger partial charge in [-0.2, -0.15) is 0 Å². The Hall–Kier alpha value is -1.29. The average Bonchev–Trinajstić information content (AvgIpc) is 2.72. The number of H-pyrrole nitrogens is 1. The van der Waals surface area contributed by atoms with Gasteiger partial charge in [0.15, 0.2) is 0 Å². The van der Waals surface area contributed by atoms with Crippen molar-refractivity contribution in [3.05, 3.63) is 30.0 Å². The maximum Gasteiger partial charge on any atom is 0.308 e. The zero-order chi connectivity index (χ0) is 13.0. The molecule has 96 valence electrons. The molecule has 1 heterocycles. The molecule has 0 amide bonds. The third kappa shape index (κ3) is 3.13. The van der Waals surface area contributed by atoms with Crippen molar-refractivity contribution in [2.45, 2.75) is 26.2 Å². The molecule has 2 aromatic rings. The fraction of sp³-hybridized carbons (Fsp3) is 0.357. The van der Waals surface area contributed by atoms with Crippen molar-refractivity contribution >= 4 is 32.8 Å². The summed E-state index contributed by atoms with van der Waals surface area (Å²) in [6.07, 6.45) is 5.39. The number of halogens is 1. The summed E-state index contributed by atoms with van der Waals surface area (Å²) < 4.78 is 5.11. The summed E-state index contributed by atoms with van der Waals surface area (Å²) >= 11 is 3.44. The number of hydrogen-bond acceptors (Lipinski definition) is 2. The van der Waals surface area contributed by atoms with Gasteiger partial charge in [0.2, 0.25) is 0 Å². The van der Waals surface area contributed by atoms with E-state index in [-0.39, 0.29) is 5.97 Å². The van der Waals surface area contributed by atoms with Crippen LogP contribution in [0.5, 0.6) is 5.75 Å². The highest BCUT2D eigenvalue weighted by molar-refractivity contribution is 9.09. The Kier molecular flexibility index (Phi) is 4.42. The molecule has 0 aliphatic carbocycles. The molecule has 0 atom stereocenters. The lowest BCUT2D eigenvalue weighted by atomic mass is 10.1. The number of benzene rings is 1. The molecule has 18 heavy (non-hydrogen) atoms. The molecule has 1 N–H and O–H groups in total. The summed E-state index contributed by atoms with van der Waals surface area (Å²) in [5.74, 6) is 0.321. The topological polar surface area (TPSA) is 42.1 Å². The summed E-state index contributed by atoms with van der Waals surface area (Å²) in [5, 5.41) is 2.18. The van der Waals surface area contributed by atoms with Crippen molar-refractivity contribution < 1.29 is 9.53 Å². The monoisotopic (exact) mass is 309 g/mol. The van der Waals surface area contributed by atoms with Crippen LogP contribution in [0.3, 0.4) is 0 Å². The molecule has 0 radical (unpaired) electrons. The molecule has 0 aliphatic heterocycles. The van der Waals surface area contributed by atoms with Crippen molar-refractivity contribution in [1.29, 1.82) is 0 Å². The van der Waals surface area contributed by atoms with E-state index in [9.17, 15) is 4.79 Å². The highest BCUT2D eigenvalue weighted by Gasteiger charge is 2.06. The van der Waals surface area contributed by atoms with Gasteiger partial charge in [-0.15, -0.1) is 0 Å². The number of hydrogen-bond donors (Lipinski definition) is 1. The van der Waals surface area contributed by atoms with Crippen LogP contribution >= 0.6 is 15.9 Å². The summed E-state index contributed by atoms with van der Waals surface area (Å²) in [4.78, 5) is 14.2. The van der Waals surface area contributed by atoms with Gasteiger partial charge in [0.25, 0.3) is 0 Å². The van der Waals surface area contributed by atoms with Crippen LogP contribution in [0.1, 0.15) is 25.3 Å². The van der Waals surface area contributed by atoms with Gasteiger partial charge >= 0.3 is 5.97 Å². The standard InChI is InChI=1S/C14H16BrNO2/c1-10(17)18-12-5-6-14-13(8-12)11(9-16-14)4-2-3-7-15/h5-6,8-9,16H,2-4,7H2,1H3. The molecule has 4 heteroatoms. The molecule has 1 aromatic heterocycles. The Labute approximate surface area is 115 Å². The molecule has 3 nitrogen and oxygen atoms in total. The van der Waals surface area contributed by atoms with Crippen molar-refractivity contribution in [2.75, 3.05) is 5.33 Å². The minimum Gasteiger partial charge on any atom is -0.427 e.